The molecule has 0 saturated heterocycles. The third-order valence-electron chi connectivity index (χ3n) is 4.77. The lowest BCUT2D eigenvalue weighted by molar-refractivity contribution is -0.120. The highest BCUT2D eigenvalue weighted by molar-refractivity contribution is 9.10. The predicted octanol–water partition coefficient (Wildman–Crippen LogP) is 5.18. The highest BCUT2D eigenvalue weighted by Crippen LogP contribution is 2.44. The summed E-state index contributed by atoms with van der Waals surface area (Å²) in [6.07, 6.45) is 1.99. The van der Waals surface area contributed by atoms with Gasteiger partial charge in [0.1, 0.15) is 5.82 Å². The van der Waals surface area contributed by atoms with Gasteiger partial charge < -0.3 is 0 Å². The fourth-order valence-electron chi connectivity index (χ4n) is 3.69. The zero-order valence-electron chi connectivity index (χ0n) is 13.3. The van der Waals surface area contributed by atoms with Crippen LogP contribution in [0.25, 0.3) is 0 Å². The molecule has 0 radical (unpaired) electrons. The first-order valence-electron chi connectivity index (χ1n) is 8.12. The molecule has 0 unspecified atom stereocenters. The number of ketones is 1. The minimum Gasteiger partial charge on any atom is -0.294 e. The van der Waals surface area contributed by atoms with Crippen LogP contribution in [0.5, 0.6) is 0 Å². The van der Waals surface area contributed by atoms with Crippen molar-refractivity contribution in [1.29, 1.82) is 0 Å². The van der Waals surface area contributed by atoms with E-state index in [0.29, 0.717) is 35.0 Å². The average molecular weight is 420 g/mol. The van der Waals surface area contributed by atoms with Crippen LogP contribution in [-0.2, 0) is 9.59 Å². The van der Waals surface area contributed by atoms with Gasteiger partial charge in [-0.3, -0.25) is 14.5 Å². The first kappa shape index (κ1) is 16.7. The number of allylic oxidation sites excluding steroid dienone is 2. The van der Waals surface area contributed by atoms with Gasteiger partial charge in [-0.25, -0.2) is 4.39 Å². The van der Waals surface area contributed by atoms with Gasteiger partial charge in [0, 0.05) is 34.5 Å². The minimum absolute atomic E-state index is 0.0764. The molecule has 0 fully saturated rings. The molecule has 1 aliphatic heterocycles. The van der Waals surface area contributed by atoms with Crippen LogP contribution in [-0.4, -0.2) is 11.7 Å². The number of thiophene rings is 1. The Balaban J connectivity index is 1.88. The van der Waals surface area contributed by atoms with Gasteiger partial charge in [-0.1, -0.05) is 15.9 Å². The molecule has 2 aromatic rings. The number of benzene rings is 1. The molecule has 0 spiro atoms. The van der Waals surface area contributed by atoms with Crippen molar-refractivity contribution in [3.8, 4) is 0 Å². The molecule has 2 aliphatic rings. The van der Waals surface area contributed by atoms with E-state index in [1.54, 1.807) is 23.5 Å². The Morgan fingerprint density at radius 1 is 1.20 bits per heavy atom. The van der Waals surface area contributed by atoms with Gasteiger partial charge in [-0.15, -0.1) is 0 Å². The maximum Gasteiger partial charge on any atom is 0.232 e. The van der Waals surface area contributed by atoms with Crippen LogP contribution in [0, 0.1) is 5.82 Å². The monoisotopic (exact) mass is 419 g/mol. The fraction of sp³-hybridized carbons (Fsp3) is 0.263. The Bertz CT molecular complexity index is 891. The lowest BCUT2D eigenvalue weighted by atomic mass is 9.78. The van der Waals surface area contributed by atoms with Gasteiger partial charge in [0.15, 0.2) is 5.78 Å². The van der Waals surface area contributed by atoms with Crippen molar-refractivity contribution in [3.05, 3.63) is 62.1 Å². The molecule has 1 amide bonds. The molecule has 25 heavy (non-hydrogen) atoms. The van der Waals surface area contributed by atoms with E-state index in [-0.39, 0.29) is 29.7 Å². The third kappa shape index (κ3) is 2.87. The van der Waals surface area contributed by atoms with Crippen LogP contribution >= 0.6 is 27.3 Å². The second-order valence-corrected chi connectivity index (χ2v) is 7.97. The summed E-state index contributed by atoms with van der Waals surface area (Å²) < 4.78 is 15.1. The Kier molecular flexibility index (Phi) is 4.33. The molecule has 4 rings (SSSR count). The molecule has 0 N–H and O–H groups in total. The zero-order chi connectivity index (χ0) is 17.6. The standard InChI is InChI=1S/C19H15BrFNO2S/c20-12-4-5-15(14(21)8-12)22-16-2-1-3-17(23)19(16)13(9-18(22)24)11-6-7-25-10-11/h4-8,10,13H,1-3,9H2/t13-/m1/s1. The van der Waals surface area contributed by atoms with Gasteiger partial charge in [0.05, 0.1) is 5.69 Å². The van der Waals surface area contributed by atoms with Crippen molar-refractivity contribution in [2.24, 2.45) is 0 Å². The molecule has 1 aromatic heterocycles. The maximum atomic E-state index is 14.5. The third-order valence-corrected chi connectivity index (χ3v) is 5.97. The normalized spacial score (nSPS) is 20.9. The van der Waals surface area contributed by atoms with Crippen molar-refractivity contribution in [2.75, 3.05) is 4.90 Å². The summed E-state index contributed by atoms with van der Waals surface area (Å²) in [7, 11) is 0. The van der Waals surface area contributed by atoms with E-state index in [1.165, 1.54) is 11.0 Å². The largest absolute Gasteiger partial charge is 0.294 e. The van der Waals surface area contributed by atoms with Crippen molar-refractivity contribution < 1.29 is 14.0 Å². The van der Waals surface area contributed by atoms with Crippen LogP contribution in [0.3, 0.4) is 0 Å². The smallest absolute Gasteiger partial charge is 0.232 e. The van der Waals surface area contributed by atoms with Crippen molar-refractivity contribution in [1.82, 2.24) is 0 Å². The quantitative estimate of drug-likeness (QED) is 0.672. The SMILES string of the molecule is O=C1CCCC2=C1[C@@H](c1ccsc1)CC(=O)N2c1ccc(Br)cc1F. The first-order chi connectivity index (χ1) is 12.1. The predicted molar refractivity (Wildman–Crippen MR) is 99.1 cm³/mol. The topological polar surface area (TPSA) is 37.4 Å². The fourth-order valence-corrected chi connectivity index (χ4v) is 4.74. The summed E-state index contributed by atoms with van der Waals surface area (Å²) in [6.45, 7) is 0. The molecular formula is C19H15BrFNO2S. The number of hydrogen-bond donors (Lipinski definition) is 0. The van der Waals surface area contributed by atoms with Gasteiger partial charge in [0.2, 0.25) is 5.91 Å². The minimum atomic E-state index is -0.471. The van der Waals surface area contributed by atoms with Crippen molar-refractivity contribution >= 4 is 44.6 Å². The van der Waals surface area contributed by atoms with Crippen LogP contribution < -0.4 is 4.90 Å². The van der Waals surface area contributed by atoms with Gasteiger partial charge in [-0.05, 0) is 53.4 Å². The van der Waals surface area contributed by atoms with E-state index in [1.807, 2.05) is 16.8 Å². The van der Waals surface area contributed by atoms with Crippen LogP contribution in [0.1, 0.15) is 37.2 Å². The second kappa shape index (κ2) is 6.50. The number of rotatable bonds is 2. The lowest BCUT2D eigenvalue weighted by Crippen LogP contribution is -2.40. The molecule has 128 valence electrons. The average Bonchev–Trinajstić information content (AvgIpc) is 3.10. The highest BCUT2D eigenvalue weighted by atomic mass is 79.9. The molecule has 0 saturated carbocycles. The van der Waals surface area contributed by atoms with Crippen LogP contribution in [0.4, 0.5) is 10.1 Å². The Labute approximate surface area is 157 Å². The number of halogens is 2. The summed E-state index contributed by atoms with van der Waals surface area (Å²) >= 11 is 4.79. The Morgan fingerprint density at radius 3 is 2.76 bits per heavy atom. The highest BCUT2D eigenvalue weighted by Gasteiger charge is 2.40. The number of amides is 1. The van der Waals surface area contributed by atoms with Gasteiger partial charge in [0.25, 0.3) is 0 Å². The van der Waals surface area contributed by atoms with E-state index in [9.17, 15) is 14.0 Å². The van der Waals surface area contributed by atoms with Crippen molar-refractivity contribution in [3.63, 3.8) is 0 Å². The molecule has 2 heterocycles. The van der Waals surface area contributed by atoms with Crippen molar-refractivity contribution in [2.45, 2.75) is 31.6 Å². The molecule has 1 aliphatic carbocycles. The number of anilines is 1. The molecule has 0 bridgehead atoms. The summed E-state index contributed by atoms with van der Waals surface area (Å²) in [6, 6.07) is 6.61. The summed E-state index contributed by atoms with van der Waals surface area (Å²) in [5.74, 6) is -0.767. The summed E-state index contributed by atoms with van der Waals surface area (Å²) in [4.78, 5) is 27.0. The van der Waals surface area contributed by atoms with E-state index in [4.69, 9.17) is 0 Å². The first-order valence-corrected chi connectivity index (χ1v) is 9.86. The van der Waals surface area contributed by atoms with Gasteiger partial charge in [-0.2, -0.15) is 11.3 Å². The molecular weight excluding hydrogens is 405 g/mol. The van der Waals surface area contributed by atoms with Crippen LogP contribution in [0.2, 0.25) is 0 Å². The summed E-state index contributed by atoms with van der Waals surface area (Å²) in [5.41, 5.74) is 2.58. The number of nitrogens with zero attached hydrogens (tertiary/aromatic N) is 1. The van der Waals surface area contributed by atoms with E-state index < -0.39 is 5.82 Å². The molecule has 1 aromatic carbocycles. The second-order valence-electron chi connectivity index (χ2n) is 6.28. The number of carbonyl (C=O) groups excluding carboxylic acids is 2. The number of hydrogen-bond acceptors (Lipinski definition) is 3. The van der Waals surface area contributed by atoms with E-state index >= 15 is 0 Å². The Hall–Kier alpha value is -1.79. The van der Waals surface area contributed by atoms with Crippen LogP contribution in [0.15, 0.2) is 50.8 Å². The zero-order valence-corrected chi connectivity index (χ0v) is 15.7. The lowest BCUT2D eigenvalue weighted by Gasteiger charge is -2.38. The number of carbonyl (C=O) groups is 2. The van der Waals surface area contributed by atoms with E-state index in [0.717, 1.165) is 5.56 Å². The Morgan fingerprint density at radius 2 is 2.04 bits per heavy atom. The van der Waals surface area contributed by atoms with Gasteiger partial charge >= 0.3 is 0 Å². The molecule has 6 heteroatoms. The molecule has 3 nitrogen and oxygen atoms in total. The maximum absolute atomic E-state index is 14.5. The molecule has 1 atom stereocenters. The summed E-state index contributed by atoms with van der Waals surface area (Å²) in [5, 5.41) is 3.94. The van der Waals surface area contributed by atoms with E-state index in [2.05, 4.69) is 15.9 Å². The number of Topliss-reactive ketones (excluding diaryl/α,β-unsaturated/α-hetero) is 1.